The molecule has 1 aliphatic heterocycles. The number of carbonyl (C=O) groups is 3. The third kappa shape index (κ3) is 3.32. The molecule has 1 heterocycles. The number of carboxylic acid groups (broad SMARTS) is 1. The van der Waals surface area contributed by atoms with Crippen LogP contribution in [0.2, 0.25) is 0 Å². The zero-order valence-corrected chi connectivity index (χ0v) is 10.9. The maximum absolute atomic E-state index is 11.8. The van der Waals surface area contributed by atoms with Gasteiger partial charge in [0.1, 0.15) is 0 Å². The van der Waals surface area contributed by atoms with E-state index in [9.17, 15) is 14.4 Å². The van der Waals surface area contributed by atoms with Gasteiger partial charge in [0.2, 0.25) is 5.78 Å². The number of amides is 1. The van der Waals surface area contributed by atoms with Crippen molar-refractivity contribution in [1.82, 2.24) is 4.90 Å². The molecule has 1 aromatic rings. The van der Waals surface area contributed by atoms with Crippen LogP contribution in [0.3, 0.4) is 0 Å². The fraction of sp³-hybridized carbons (Fsp3) is 0.267. The monoisotopic (exact) mass is 273 g/mol. The molecule has 1 fully saturated rings. The second-order valence-corrected chi connectivity index (χ2v) is 4.63. The lowest BCUT2D eigenvalue weighted by Gasteiger charge is -2.12. The Labute approximate surface area is 116 Å². The summed E-state index contributed by atoms with van der Waals surface area (Å²) >= 11 is 0. The van der Waals surface area contributed by atoms with E-state index in [1.54, 1.807) is 6.08 Å². The van der Waals surface area contributed by atoms with Gasteiger partial charge >= 0.3 is 5.97 Å². The summed E-state index contributed by atoms with van der Waals surface area (Å²) in [7, 11) is 0. The summed E-state index contributed by atoms with van der Waals surface area (Å²) in [5.41, 5.74) is 1.33. The third-order valence-electron chi connectivity index (χ3n) is 3.09. The summed E-state index contributed by atoms with van der Waals surface area (Å²) in [4.78, 5) is 35.5. The Kier molecular flexibility index (Phi) is 4.30. The van der Waals surface area contributed by atoms with E-state index >= 15 is 0 Å². The summed E-state index contributed by atoms with van der Waals surface area (Å²) in [5.74, 6) is -1.94. The van der Waals surface area contributed by atoms with E-state index in [2.05, 4.69) is 0 Å². The number of benzene rings is 1. The average Bonchev–Trinajstić information content (AvgIpc) is 2.68. The van der Waals surface area contributed by atoms with Gasteiger partial charge in [-0.05, 0) is 18.1 Å². The fourth-order valence-electron chi connectivity index (χ4n) is 2.09. The van der Waals surface area contributed by atoms with Crippen molar-refractivity contribution in [3.63, 3.8) is 0 Å². The standard InChI is InChI=1S/C15H15NO4/c17-13(18)7-4-8-16-10-12(14(19)15(16)20)9-11-5-2-1-3-6-11/h1-3,5-6,9H,4,7-8,10H2,(H,17,18)/b12-9+. The minimum absolute atomic E-state index is 0.00426. The van der Waals surface area contributed by atoms with Gasteiger partial charge in [0.25, 0.3) is 5.91 Å². The minimum Gasteiger partial charge on any atom is -0.481 e. The van der Waals surface area contributed by atoms with Gasteiger partial charge in [0.15, 0.2) is 0 Å². The number of hydrogen-bond acceptors (Lipinski definition) is 3. The molecule has 1 amide bonds. The van der Waals surface area contributed by atoms with Crippen LogP contribution in [-0.2, 0) is 14.4 Å². The highest BCUT2D eigenvalue weighted by Gasteiger charge is 2.33. The predicted octanol–water partition coefficient (Wildman–Crippen LogP) is 1.35. The quantitative estimate of drug-likeness (QED) is 0.649. The SMILES string of the molecule is O=C(O)CCCN1C/C(=C\c2ccccc2)C(=O)C1=O. The van der Waals surface area contributed by atoms with E-state index in [0.29, 0.717) is 18.5 Å². The zero-order valence-electron chi connectivity index (χ0n) is 10.9. The molecule has 1 aromatic carbocycles. The lowest BCUT2D eigenvalue weighted by atomic mass is 10.1. The predicted molar refractivity (Wildman–Crippen MR) is 72.9 cm³/mol. The number of hydrogen-bond donors (Lipinski definition) is 1. The molecule has 1 saturated heterocycles. The van der Waals surface area contributed by atoms with Gasteiger partial charge in [0, 0.05) is 18.5 Å². The van der Waals surface area contributed by atoms with Gasteiger partial charge in [-0.15, -0.1) is 0 Å². The van der Waals surface area contributed by atoms with Gasteiger partial charge in [-0.1, -0.05) is 30.3 Å². The molecule has 0 bridgehead atoms. The molecule has 0 aromatic heterocycles. The lowest BCUT2D eigenvalue weighted by molar-refractivity contribution is -0.140. The number of ketones is 1. The number of likely N-dealkylation sites (tertiary alicyclic amines) is 1. The van der Waals surface area contributed by atoms with Crippen LogP contribution in [0.5, 0.6) is 0 Å². The zero-order chi connectivity index (χ0) is 14.5. The molecule has 0 spiro atoms. The van der Waals surface area contributed by atoms with Crippen LogP contribution in [0.15, 0.2) is 35.9 Å². The van der Waals surface area contributed by atoms with Crippen LogP contribution >= 0.6 is 0 Å². The molecule has 1 N–H and O–H groups in total. The van der Waals surface area contributed by atoms with E-state index in [-0.39, 0.29) is 13.0 Å². The second kappa shape index (κ2) is 6.14. The fourth-order valence-corrected chi connectivity index (χ4v) is 2.09. The Morgan fingerprint density at radius 1 is 1.25 bits per heavy atom. The van der Waals surface area contributed by atoms with Gasteiger partial charge in [-0.25, -0.2) is 0 Å². The van der Waals surface area contributed by atoms with Crippen LogP contribution in [0, 0.1) is 0 Å². The number of carboxylic acids is 1. The first-order chi connectivity index (χ1) is 9.58. The minimum atomic E-state index is -0.900. The summed E-state index contributed by atoms with van der Waals surface area (Å²) in [6.07, 6.45) is 2.06. The van der Waals surface area contributed by atoms with Crippen LogP contribution in [0.4, 0.5) is 0 Å². The van der Waals surface area contributed by atoms with Crippen LogP contribution < -0.4 is 0 Å². The van der Waals surface area contributed by atoms with E-state index in [4.69, 9.17) is 5.11 Å². The Bertz CT molecular complexity index is 562. The number of nitrogens with zero attached hydrogens (tertiary/aromatic N) is 1. The van der Waals surface area contributed by atoms with Crippen molar-refractivity contribution in [2.45, 2.75) is 12.8 Å². The van der Waals surface area contributed by atoms with Crippen molar-refractivity contribution < 1.29 is 19.5 Å². The highest BCUT2D eigenvalue weighted by Crippen LogP contribution is 2.17. The number of carbonyl (C=O) groups excluding carboxylic acids is 2. The highest BCUT2D eigenvalue weighted by molar-refractivity contribution is 6.45. The molecular formula is C15H15NO4. The smallest absolute Gasteiger partial charge is 0.303 e. The largest absolute Gasteiger partial charge is 0.481 e. The maximum Gasteiger partial charge on any atom is 0.303 e. The van der Waals surface area contributed by atoms with E-state index < -0.39 is 17.7 Å². The second-order valence-electron chi connectivity index (χ2n) is 4.63. The highest BCUT2D eigenvalue weighted by atomic mass is 16.4. The molecule has 0 aliphatic carbocycles. The van der Waals surface area contributed by atoms with Gasteiger partial charge < -0.3 is 10.0 Å². The molecule has 104 valence electrons. The number of Topliss-reactive ketones (excluding diaryl/α,β-unsaturated/α-hetero) is 1. The first-order valence-electron chi connectivity index (χ1n) is 6.39. The molecule has 0 unspecified atom stereocenters. The maximum atomic E-state index is 11.8. The van der Waals surface area contributed by atoms with Crippen molar-refractivity contribution in [3.8, 4) is 0 Å². The van der Waals surface area contributed by atoms with Crippen molar-refractivity contribution in [3.05, 3.63) is 41.5 Å². The molecule has 0 saturated carbocycles. The topological polar surface area (TPSA) is 74.7 Å². The van der Waals surface area contributed by atoms with Crippen LogP contribution in [0.1, 0.15) is 18.4 Å². The van der Waals surface area contributed by atoms with Crippen molar-refractivity contribution in [2.24, 2.45) is 0 Å². The molecular weight excluding hydrogens is 258 g/mol. The summed E-state index contributed by atoms with van der Waals surface area (Å²) in [5, 5.41) is 8.57. The van der Waals surface area contributed by atoms with Gasteiger partial charge in [-0.3, -0.25) is 14.4 Å². The van der Waals surface area contributed by atoms with E-state index in [1.165, 1.54) is 4.90 Å². The molecule has 0 radical (unpaired) electrons. The molecule has 5 heteroatoms. The Hall–Kier alpha value is -2.43. The molecule has 20 heavy (non-hydrogen) atoms. The Morgan fingerprint density at radius 2 is 1.95 bits per heavy atom. The Morgan fingerprint density at radius 3 is 2.60 bits per heavy atom. The third-order valence-corrected chi connectivity index (χ3v) is 3.09. The van der Waals surface area contributed by atoms with Crippen molar-refractivity contribution >= 4 is 23.7 Å². The van der Waals surface area contributed by atoms with E-state index in [1.807, 2.05) is 30.3 Å². The van der Waals surface area contributed by atoms with Crippen molar-refractivity contribution in [2.75, 3.05) is 13.1 Å². The summed E-state index contributed by atoms with van der Waals surface area (Å²) < 4.78 is 0. The summed E-state index contributed by atoms with van der Waals surface area (Å²) in [6, 6.07) is 9.31. The summed E-state index contributed by atoms with van der Waals surface area (Å²) in [6.45, 7) is 0.551. The Balaban J connectivity index is 2.03. The first-order valence-corrected chi connectivity index (χ1v) is 6.39. The van der Waals surface area contributed by atoms with Crippen LogP contribution in [0.25, 0.3) is 6.08 Å². The number of aliphatic carboxylic acids is 1. The van der Waals surface area contributed by atoms with Gasteiger partial charge in [0.05, 0.1) is 6.54 Å². The number of rotatable bonds is 5. The molecule has 0 atom stereocenters. The van der Waals surface area contributed by atoms with Crippen molar-refractivity contribution in [1.29, 1.82) is 0 Å². The van der Waals surface area contributed by atoms with Gasteiger partial charge in [-0.2, -0.15) is 0 Å². The average molecular weight is 273 g/mol. The molecule has 5 nitrogen and oxygen atoms in total. The molecule has 2 rings (SSSR count). The molecule has 1 aliphatic rings. The van der Waals surface area contributed by atoms with E-state index in [0.717, 1.165) is 5.56 Å². The normalized spacial score (nSPS) is 17.0. The van der Waals surface area contributed by atoms with Crippen LogP contribution in [-0.4, -0.2) is 40.8 Å². The lowest BCUT2D eigenvalue weighted by Crippen LogP contribution is -2.28. The first kappa shape index (κ1) is 14.0.